The fourth-order valence-electron chi connectivity index (χ4n) is 2.25. The maximum atomic E-state index is 11.9. The molecule has 1 fully saturated rings. The Hall–Kier alpha value is -0.620. The third kappa shape index (κ3) is 5.40. The molecule has 0 radical (unpaired) electrons. The van der Waals surface area contributed by atoms with E-state index in [2.05, 4.69) is 38.4 Å². The van der Waals surface area contributed by atoms with Crippen molar-refractivity contribution in [3.63, 3.8) is 0 Å². The molecular weight excluding hydrogens is 342 g/mol. The summed E-state index contributed by atoms with van der Waals surface area (Å²) in [6, 6.07) is 8.17. The second-order valence-electron chi connectivity index (χ2n) is 4.90. The van der Waals surface area contributed by atoms with Gasteiger partial charge in [0, 0.05) is 48.8 Å². The van der Waals surface area contributed by atoms with Gasteiger partial charge in [0.1, 0.15) is 0 Å². The molecule has 1 amide bonds. The van der Waals surface area contributed by atoms with Gasteiger partial charge in [-0.15, -0.1) is 12.4 Å². The first-order valence-electron chi connectivity index (χ1n) is 6.65. The number of hydrogen-bond acceptors (Lipinski definition) is 3. The highest BCUT2D eigenvalue weighted by molar-refractivity contribution is 9.10. The first-order valence-corrected chi connectivity index (χ1v) is 7.44. The number of nitrogens with zero attached hydrogens (tertiary/aromatic N) is 1. The second kappa shape index (κ2) is 8.62. The third-order valence-electron chi connectivity index (χ3n) is 3.37. The molecular formula is C14H21BrClN3O. The number of carbonyl (C=O) groups excluding carboxylic acids is 1. The van der Waals surface area contributed by atoms with E-state index < -0.39 is 0 Å². The van der Waals surface area contributed by atoms with Gasteiger partial charge < -0.3 is 10.6 Å². The Balaban J connectivity index is 0.00000200. The molecule has 1 saturated heterocycles. The summed E-state index contributed by atoms with van der Waals surface area (Å²) in [6.45, 7) is 6.05. The summed E-state index contributed by atoms with van der Waals surface area (Å²) in [6.07, 6.45) is 0.539. The number of amides is 1. The molecule has 0 spiro atoms. The SMILES string of the molecule is C[C@@H]1CNCCN1CCC(=O)Nc1cccc(Br)c1.Cl. The smallest absolute Gasteiger partial charge is 0.225 e. The quantitative estimate of drug-likeness (QED) is 0.865. The van der Waals surface area contributed by atoms with Gasteiger partial charge in [-0.1, -0.05) is 22.0 Å². The van der Waals surface area contributed by atoms with E-state index in [1.807, 2.05) is 24.3 Å². The number of rotatable bonds is 4. The minimum atomic E-state index is 0. The van der Waals surface area contributed by atoms with Crippen LogP contribution in [0, 0.1) is 0 Å². The number of anilines is 1. The van der Waals surface area contributed by atoms with Gasteiger partial charge >= 0.3 is 0 Å². The zero-order valence-corrected chi connectivity index (χ0v) is 14.0. The van der Waals surface area contributed by atoms with E-state index in [-0.39, 0.29) is 18.3 Å². The van der Waals surface area contributed by atoms with Crippen molar-refractivity contribution >= 4 is 39.9 Å². The van der Waals surface area contributed by atoms with E-state index in [1.54, 1.807) is 0 Å². The maximum absolute atomic E-state index is 11.9. The molecule has 0 saturated carbocycles. The number of carbonyl (C=O) groups is 1. The summed E-state index contributed by atoms with van der Waals surface area (Å²) in [4.78, 5) is 14.3. The number of benzene rings is 1. The van der Waals surface area contributed by atoms with Gasteiger partial charge in [-0.2, -0.15) is 0 Å². The highest BCUT2D eigenvalue weighted by atomic mass is 79.9. The number of piperazine rings is 1. The molecule has 2 N–H and O–H groups in total. The lowest BCUT2D eigenvalue weighted by atomic mass is 10.2. The van der Waals surface area contributed by atoms with Crippen molar-refractivity contribution in [3.05, 3.63) is 28.7 Å². The van der Waals surface area contributed by atoms with Crippen LogP contribution in [0.25, 0.3) is 0 Å². The maximum Gasteiger partial charge on any atom is 0.225 e. The normalized spacial score (nSPS) is 19.2. The van der Waals surface area contributed by atoms with Gasteiger partial charge in [-0.3, -0.25) is 9.69 Å². The van der Waals surface area contributed by atoms with Crippen LogP contribution in [0.4, 0.5) is 5.69 Å². The van der Waals surface area contributed by atoms with Crippen molar-refractivity contribution in [1.82, 2.24) is 10.2 Å². The molecule has 20 heavy (non-hydrogen) atoms. The van der Waals surface area contributed by atoms with E-state index in [9.17, 15) is 4.79 Å². The minimum absolute atomic E-state index is 0. The van der Waals surface area contributed by atoms with Crippen molar-refractivity contribution in [2.75, 3.05) is 31.5 Å². The van der Waals surface area contributed by atoms with Crippen LogP contribution in [0.1, 0.15) is 13.3 Å². The molecule has 2 rings (SSSR count). The van der Waals surface area contributed by atoms with Crippen molar-refractivity contribution in [3.8, 4) is 0 Å². The molecule has 0 aromatic heterocycles. The first-order chi connectivity index (χ1) is 9.15. The van der Waals surface area contributed by atoms with Crippen LogP contribution in [-0.2, 0) is 4.79 Å². The fraction of sp³-hybridized carbons (Fsp3) is 0.500. The van der Waals surface area contributed by atoms with Gasteiger partial charge in [0.05, 0.1) is 0 Å². The van der Waals surface area contributed by atoms with Crippen LogP contribution >= 0.6 is 28.3 Å². The fourth-order valence-corrected chi connectivity index (χ4v) is 2.65. The molecule has 0 aliphatic carbocycles. The lowest BCUT2D eigenvalue weighted by Gasteiger charge is -2.33. The van der Waals surface area contributed by atoms with Crippen LogP contribution in [0.5, 0.6) is 0 Å². The van der Waals surface area contributed by atoms with E-state index in [1.165, 1.54) is 0 Å². The summed E-state index contributed by atoms with van der Waals surface area (Å²) >= 11 is 3.40. The largest absolute Gasteiger partial charge is 0.326 e. The Labute approximate surface area is 134 Å². The molecule has 0 unspecified atom stereocenters. The molecule has 1 aromatic rings. The Morgan fingerprint density at radius 1 is 1.55 bits per heavy atom. The van der Waals surface area contributed by atoms with Crippen LogP contribution < -0.4 is 10.6 Å². The molecule has 6 heteroatoms. The lowest BCUT2D eigenvalue weighted by molar-refractivity contribution is -0.116. The van der Waals surface area contributed by atoms with Gasteiger partial charge in [0.15, 0.2) is 0 Å². The highest BCUT2D eigenvalue weighted by Crippen LogP contribution is 2.15. The first kappa shape index (κ1) is 17.4. The van der Waals surface area contributed by atoms with E-state index in [0.717, 1.165) is 36.3 Å². The molecule has 1 atom stereocenters. The van der Waals surface area contributed by atoms with Crippen LogP contribution in [0.15, 0.2) is 28.7 Å². The summed E-state index contributed by atoms with van der Waals surface area (Å²) in [7, 11) is 0. The summed E-state index contributed by atoms with van der Waals surface area (Å²) in [5, 5.41) is 6.28. The Bertz CT molecular complexity index is 444. The van der Waals surface area contributed by atoms with E-state index in [4.69, 9.17) is 0 Å². The van der Waals surface area contributed by atoms with Crippen molar-refractivity contribution < 1.29 is 4.79 Å². The Morgan fingerprint density at radius 2 is 2.35 bits per heavy atom. The zero-order chi connectivity index (χ0) is 13.7. The zero-order valence-electron chi connectivity index (χ0n) is 11.6. The topological polar surface area (TPSA) is 44.4 Å². The third-order valence-corrected chi connectivity index (χ3v) is 3.87. The van der Waals surface area contributed by atoms with Gasteiger partial charge in [-0.25, -0.2) is 0 Å². The standard InChI is InChI=1S/C14H20BrN3O.ClH/c1-11-10-16-6-8-18(11)7-5-14(19)17-13-4-2-3-12(15)9-13;/h2-4,9,11,16H,5-8,10H2,1H3,(H,17,19);1H/t11-;/m1./s1. The molecule has 112 valence electrons. The Morgan fingerprint density at radius 3 is 3.05 bits per heavy atom. The van der Waals surface area contributed by atoms with Crippen LogP contribution in [-0.4, -0.2) is 43.0 Å². The van der Waals surface area contributed by atoms with Gasteiger partial charge in [0.25, 0.3) is 0 Å². The van der Waals surface area contributed by atoms with Crippen molar-refractivity contribution in [1.29, 1.82) is 0 Å². The number of halogens is 2. The van der Waals surface area contributed by atoms with Crippen molar-refractivity contribution in [2.24, 2.45) is 0 Å². The summed E-state index contributed by atoms with van der Waals surface area (Å²) in [5.41, 5.74) is 0.840. The summed E-state index contributed by atoms with van der Waals surface area (Å²) < 4.78 is 0.973. The van der Waals surface area contributed by atoms with Crippen molar-refractivity contribution in [2.45, 2.75) is 19.4 Å². The predicted molar refractivity (Wildman–Crippen MR) is 88.5 cm³/mol. The molecule has 4 nitrogen and oxygen atoms in total. The van der Waals surface area contributed by atoms with Gasteiger partial charge in [-0.05, 0) is 25.1 Å². The number of nitrogens with one attached hydrogen (secondary N) is 2. The average molecular weight is 363 g/mol. The lowest BCUT2D eigenvalue weighted by Crippen LogP contribution is -2.50. The molecule has 0 bridgehead atoms. The van der Waals surface area contributed by atoms with Gasteiger partial charge in [0.2, 0.25) is 5.91 Å². The molecule has 1 heterocycles. The Kier molecular flexibility index (Phi) is 7.51. The van der Waals surface area contributed by atoms with E-state index in [0.29, 0.717) is 12.5 Å². The molecule has 1 aromatic carbocycles. The monoisotopic (exact) mass is 361 g/mol. The van der Waals surface area contributed by atoms with Crippen LogP contribution in [0.3, 0.4) is 0 Å². The second-order valence-corrected chi connectivity index (χ2v) is 5.81. The average Bonchev–Trinajstić information content (AvgIpc) is 2.38. The minimum Gasteiger partial charge on any atom is -0.326 e. The van der Waals surface area contributed by atoms with E-state index >= 15 is 0 Å². The molecule has 1 aliphatic rings. The number of hydrogen-bond donors (Lipinski definition) is 2. The molecule has 1 aliphatic heterocycles. The summed E-state index contributed by atoms with van der Waals surface area (Å²) in [5.74, 6) is 0.0730. The predicted octanol–water partition coefficient (Wildman–Crippen LogP) is 2.49. The highest BCUT2D eigenvalue weighted by Gasteiger charge is 2.18. The van der Waals surface area contributed by atoms with Crippen LogP contribution in [0.2, 0.25) is 0 Å².